The van der Waals surface area contributed by atoms with Crippen molar-refractivity contribution < 1.29 is 89.4 Å². The van der Waals surface area contributed by atoms with Gasteiger partial charge in [-0.05, 0) is 51.4 Å². The average molecular weight is 1500 g/mol. The van der Waals surface area contributed by atoms with Crippen LogP contribution in [0.4, 0.5) is 0 Å². The van der Waals surface area contributed by atoms with Gasteiger partial charge >= 0.3 is 0 Å². The molecule has 3 aliphatic rings. The standard InChI is InChI=1S/C86H159NO18/c1-3-5-7-9-11-13-15-17-19-21-23-25-27-29-30-31-32-33-34-35-36-37-38-40-42-44-46-48-50-52-54-56-58-60-62-64-74(92)87-69(70(91)63-61-59-57-55-53-51-49-47-45-43-41-39-28-26-24-22-20-18-16-14-12-10-8-6-4-2)68-100-84-80(98)77(95)82(72(66-89)102-84)105-86-81(99)78(96)83(73(67-90)103-86)104-85-79(97)76(94)75(93)71(65-88)101-85/h5,7,11,13,17,19,23,25,69-73,75-86,88-91,93-99H,3-4,6,8-10,12,14-16,18,20-22,24,26-68H2,1-2H3,(H,87,92)/b7-5-,13-11-,19-17-,25-23-. The molecule has 0 aromatic carbocycles. The van der Waals surface area contributed by atoms with Gasteiger partial charge in [0.15, 0.2) is 18.9 Å². The van der Waals surface area contributed by atoms with Crippen molar-refractivity contribution in [2.24, 2.45) is 0 Å². The molecule has 105 heavy (non-hydrogen) atoms. The number of hydrogen-bond donors (Lipinski definition) is 12. The van der Waals surface area contributed by atoms with E-state index in [1.54, 1.807) is 0 Å². The second-order valence-corrected chi connectivity index (χ2v) is 31.0. The van der Waals surface area contributed by atoms with Crippen molar-refractivity contribution in [3.8, 4) is 0 Å². The Kier molecular flexibility index (Phi) is 61.3. The number of amides is 1. The Morgan fingerprint density at radius 3 is 1.03 bits per heavy atom. The normalized spacial score (nSPS) is 26.0. The van der Waals surface area contributed by atoms with E-state index in [2.05, 4.69) is 67.8 Å². The topological polar surface area (TPSA) is 307 Å². The Morgan fingerprint density at radius 2 is 0.657 bits per heavy atom. The molecule has 19 heteroatoms. The molecule has 3 heterocycles. The molecule has 17 unspecified atom stereocenters. The minimum Gasteiger partial charge on any atom is -0.394 e. The van der Waals surface area contributed by atoms with Gasteiger partial charge in [0.2, 0.25) is 5.91 Å². The number of ether oxygens (including phenoxy) is 6. The number of nitrogens with one attached hydrogen (secondary N) is 1. The zero-order valence-electron chi connectivity index (χ0n) is 66.2. The first-order chi connectivity index (χ1) is 51.3. The van der Waals surface area contributed by atoms with Gasteiger partial charge in [-0.15, -0.1) is 0 Å². The van der Waals surface area contributed by atoms with Crippen molar-refractivity contribution >= 4 is 5.91 Å². The van der Waals surface area contributed by atoms with E-state index in [9.17, 15) is 61.0 Å². The second-order valence-electron chi connectivity index (χ2n) is 31.0. The van der Waals surface area contributed by atoms with Crippen LogP contribution in [0.15, 0.2) is 48.6 Å². The van der Waals surface area contributed by atoms with Crippen LogP contribution < -0.4 is 5.32 Å². The number of carbonyl (C=O) groups excluding carboxylic acids is 1. The Morgan fingerprint density at radius 1 is 0.352 bits per heavy atom. The molecule has 3 rings (SSSR count). The number of aliphatic hydroxyl groups excluding tert-OH is 11. The molecule has 616 valence electrons. The summed E-state index contributed by atoms with van der Waals surface area (Å²) in [5, 5.41) is 121. The maximum absolute atomic E-state index is 13.5. The van der Waals surface area contributed by atoms with E-state index in [0.717, 1.165) is 70.6 Å². The van der Waals surface area contributed by atoms with Gasteiger partial charge in [0, 0.05) is 6.42 Å². The summed E-state index contributed by atoms with van der Waals surface area (Å²) in [6.07, 6.45) is 57.8. The number of unbranched alkanes of at least 4 members (excludes halogenated alkanes) is 46. The summed E-state index contributed by atoms with van der Waals surface area (Å²) in [6.45, 7) is 1.75. The number of hydrogen-bond acceptors (Lipinski definition) is 18. The third kappa shape index (κ3) is 45.8. The van der Waals surface area contributed by atoms with Gasteiger partial charge in [-0.2, -0.15) is 0 Å². The van der Waals surface area contributed by atoms with Gasteiger partial charge in [0.25, 0.3) is 0 Å². The van der Waals surface area contributed by atoms with Crippen molar-refractivity contribution in [2.75, 3.05) is 26.4 Å². The van der Waals surface area contributed by atoms with E-state index in [-0.39, 0.29) is 18.9 Å². The Labute approximate surface area is 637 Å². The number of aliphatic hydroxyl groups is 11. The lowest BCUT2D eigenvalue weighted by molar-refractivity contribution is -0.379. The summed E-state index contributed by atoms with van der Waals surface area (Å²) in [5.74, 6) is -0.235. The second kappa shape index (κ2) is 66.4. The molecule has 3 aliphatic heterocycles. The highest BCUT2D eigenvalue weighted by Crippen LogP contribution is 2.34. The third-order valence-corrected chi connectivity index (χ3v) is 21.7. The molecule has 12 N–H and O–H groups in total. The van der Waals surface area contributed by atoms with E-state index in [1.165, 1.54) is 257 Å². The van der Waals surface area contributed by atoms with Gasteiger partial charge in [0.05, 0.1) is 38.6 Å². The van der Waals surface area contributed by atoms with Crippen molar-refractivity contribution in [1.29, 1.82) is 0 Å². The van der Waals surface area contributed by atoms with E-state index in [0.29, 0.717) is 12.8 Å². The average Bonchev–Trinajstić information content (AvgIpc) is 0.781. The zero-order valence-corrected chi connectivity index (χ0v) is 66.2. The largest absolute Gasteiger partial charge is 0.394 e. The van der Waals surface area contributed by atoms with Crippen LogP contribution in [-0.2, 0) is 33.2 Å². The molecule has 19 nitrogen and oxygen atoms in total. The molecule has 17 atom stereocenters. The number of carbonyl (C=O) groups is 1. The smallest absolute Gasteiger partial charge is 0.220 e. The number of allylic oxidation sites excluding steroid dienone is 8. The minimum absolute atomic E-state index is 0.235. The van der Waals surface area contributed by atoms with Crippen LogP contribution in [0.5, 0.6) is 0 Å². The first-order valence-corrected chi connectivity index (χ1v) is 43.4. The quantitative estimate of drug-likeness (QED) is 0.0199. The zero-order chi connectivity index (χ0) is 76.0. The van der Waals surface area contributed by atoms with Gasteiger partial charge in [0.1, 0.15) is 73.2 Å². The van der Waals surface area contributed by atoms with Crippen LogP contribution in [0, 0.1) is 0 Å². The number of rotatable bonds is 70. The maximum Gasteiger partial charge on any atom is 0.220 e. The summed E-state index contributed by atoms with van der Waals surface area (Å²) < 4.78 is 34.6. The van der Waals surface area contributed by atoms with E-state index < -0.39 is 124 Å². The fourth-order valence-corrected chi connectivity index (χ4v) is 14.8. The minimum atomic E-state index is -1.97. The molecule has 3 saturated heterocycles. The molecule has 1 amide bonds. The van der Waals surface area contributed by atoms with E-state index in [1.807, 2.05) is 0 Å². The predicted molar refractivity (Wildman–Crippen MR) is 420 cm³/mol. The third-order valence-electron chi connectivity index (χ3n) is 21.7. The lowest BCUT2D eigenvalue weighted by atomic mass is 9.96. The summed E-state index contributed by atoms with van der Waals surface area (Å²) in [5.41, 5.74) is 0. The van der Waals surface area contributed by atoms with Crippen LogP contribution in [0.2, 0.25) is 0 Å². The predicted octanol–water partition coefficient (Wildman–Crippen LogP) is 15.6. The molecule has 0 bridgehead atoms. The molecule has 0 saturated carbocycles. The highest BCUT2D eigenvalue weighted by Gasteiger charge is 2.54. The molecule has 0 aromatic rings. The lowest BCUT2D eigenvalue weighted by Gasteiger charge is -2.48. The van der Waals surface area contributed by atoms with Crippen LogP contribution >= 0.6 is 0 Å². The first kappa shape index (κ1) is 96.9. The van der Waals surface area contributed by atoms with E-state index >= 15 is 0 Å². The summed E-state index contributed by atoms with van der Waals surface area (Å²) in [7, 11) is 0. The molecule has 3 fully saturated rings. The summed E-state index contributed by atoms with van der Waals surface area (Å²) >= 11 is 0. The van der Waals surface area contributed by atoms with Gasteiger partial charge in [-0.25, -0.2) is 0 Å². The molecule has 0 aromatic heterocycles. The summed E-state index contributed by atoms with van der Waals surface area (Å²) in [4.78, 5) is 13.5. The summed E-state index contributed by atoms with van der Waals surface area (Å²) in [6, 6.07) is -0.888. The van der Waals surface area contributed by atoms with Gasteiger partial charge in [-0.3, -0.25) is 4.79 Å². The first-order valence-electron chi connectivity index (χ1n) is 43.4. The maximum atomic E-state index is 13.5. The van der Waals surface area contributed by atoms with Crippen LogP contribution in [0.25, 0.3) is 0 Å². The van der Waals surface area contributed by atoms with Crippen LogP contribution in [-0.4, -0.2) is 193 Å². The molecule has 0 spiro atoms. The van der Waals surface area contributed by atoms with Crippen molar-refractivity contribution in [2.45, 2.75) is 465 Å². The fourth-order valence-electron chi connectivity index (χ4n) is 14.8. The molecular formula is C86H159NO18. The molecule has 0 radical (unpaired) electrons. The Balaban J connectivity index is 1.32. The molecule has 0 aliphatic carbocycles. The van der Waals surface area contributed by atoms with Gasteiger partial charge < -0.3 is 89.9 Å². The highest BCUT2D eigenvalue weighted by atomic mass is 16.8. The van der Waals surface area contributed by atoms with Crippen molar-refractivity contribution in [3.05, 3.63) is 48.6 Å². The molecular weight excluding hydrogens is 1330 g/mol. The van der Waals surface area contributed by atoms with E-state index in [4.69, 9.17) is 28.4 Å². The Bertz CT molecular complexity index is 2080. The van der Waals surface area contributed by atoms with Crippen molar-refractivity contribution in [3.63, 3.8) is 0 Å². The van der Waals surface area contributed by atoms with Crippen LogP contribution in [0.1, 0.15) is 361 Å². The lowest BCUT2D eigenvalue weighted by Crippen LogP contribution is -2.66. The Hall–Kier alpha value is -2.25. The highest BCUT2D eigenvalue weighted by molar-refractivity contribution is 5.76. The monoisotopic (exact) mass is 1490 g/mol. The SMILES string of the molecule is CC/C=C\C/C=C\C/C=C\C/C=C\CCCCCCCCCCCCCCCCCCCCCCCCC(=O)NC(COC1OC(CO)C(OC2OC(CO)C(OC3OC(CO)C(O)C(O)C3O)C(O)C2O)C(O)C1O)C(O)CCCCCCCCCCCCCCCCCCCCCCCCCCC. The van der Waals surface area contributed by atoms with Crippen LogP contribution in [0.3, 0.4) is 0 Å². The van der Waals surface area contributed by atoms with Gasteiger partial charge in [-0.1, -0.05) is 351 Å². The van der Waals surface area contributed by atoms with Crippen molar-refractivity contribution in [1.82, 2.24) is 5.32 Å². The fraction of sp³-hybridized carbons (Fsp3) is 0.895.